The Labute approximate surface area is 170 Å². The molecule has 1 saturated heterocycles. The van der Waals surface area contributed by atoms with Gasteiger partial charge in [0.1, 0.15) is 5.58 Å². The molecular weight excluding hydrogens is 372 g/mol. The molecule has 4 rings (SSSR count). The number of carbonyl (C=O) groups is 1. The molecule has 28 heavy (non-hydrogen) atoms. The molecule has 0 radical (unpaired) electrons. The van der Waals surface area contributed by atoms with Crippen molar-refractivity contribution in [3.05, 3.63) is 64.4 Å². The molecule has 0 saturated carbocycles. The Bertz CT molecular complexity index is 972. The van der Waals surface area contributed by atoms with Crippen LogP contribution >= 0.6 is 11.6 Å². The number of carbonyl (C=O) groups excluding carboxylic acids is 1. The highest BCUT2D eigenvalue weighted by atomic mass is 35.5. The summed E-state index contributed by atoms with van der Waals surface area (Å²) in [6, 6.07) is 14.1. The molecule has 1 fully saturated rings. The first-order valence-corrected chi connectivity index (χ1v) is 10.3. The lowest BCUT2D eigenvalue weighted by molar-refractivity contribution is 0.0928. The summed E-state index contributed by atoms with van der Waals surface area (Å²) in [5.74, 6) is 0.174. The van der Waals surface area contributed by atoms with E-state index in [1.165, 1.54) is 30.5 Å². The zero-order valence-electron chi connectivity index (χ0n) is 16.1. The van der Waals surface area contributed by atoms with Crippen LogP contribution in [0, 0.1) is 6.92 Å². The van der Waals surface area contributed by atoms with Crippen molar-refractivity contribution in [2.75, 3.05) is 24.5 Å². The van der Waals surface area contributed by atoms with Gasteiger partial charge >= 0.3 is 0 Å². The van der Waals surface area contributed by atoms with Gasteiger partial charge in [-0.1, -0.05) is 23.7 Å². The van der Waals surface area contributed by atoms with E-state index in [4.69, 9.17) is 16.0 Å². The van der Waals surface area contributed by atoms with Gasteiger partial charge in [-0.15, -0.1) is 0 Å². The van der Waals surface area contributed by atoms with Gasteiger partial charge in [-0.25, -0.2) is 0 Å². The van der Waals surface area contributed by atoms with Crippen LogP contribution in [0.4, 0.5) is 5.69 Å². The third-order valence-corrected chi connectivity index (χ3v) is 5.70. The number of benzene rings is 2. The number of fused-ring (bicyclic) bond motifs is 1. The molecule has 1 aromatic heterocycles. The number of piperidine rings is 1. The number of nitrogens with zero attached hydrogens (tertiary/aromatic N) is 1. The minimum atomic E-state index is -0.185. The molecule has 0 aliphatic carbocycles. The number of anilines is 1. The van der Waals surface area contributed by atoms with Crippen molar-refractivity contribution in [2.45, 2.75) is 32.6 Å². The Morgan fingerprint density at radius 2 is 1.86 bits per heavy atom. The Morgan fingerprint density at radius 1 is 1.11 bits per heavy atom. The summed E-state index contributed by atoms with van der Waals surface area (Å²) in [5.41, 5.74) is 4.01. The van der Waals surface area contributed by atoms with Crippen molar-refractivity contribution in [2.24, 2.45) is 0 Å². The van der Waals surface area contributed by atoms with Crippen LogP contribution < -0.4 is 10.2 Å². The van der Waals surface area contributed by atoms with Crippen molar-refractivity contribution in [3.8, 4) is 0 Å². The number of halogens is 1. The number of amides is 1. The molecule has 0 spiro atoms. The zero-order chi connectivity index (χ0) is 19.5. The topological polar surface area (TPSA) is 45.5 Å². The predicted molar refractivity (Wildman–Crippen MR) is 115 cm³/mol. The van der Waals surface area contributed by atoms with Crippen molar-refractivity contribution >= 4 is 34.2 Å². The molecule has 146 valence electrons. The van der Waals surface area contributed by atoms with E-state index in [1.54, 1.807) is 12.1 Å². The summed E-state index contributed by atoms with van der Waals surface area (Å²) in [4.78, 5) is 15.0. The summed E-state index contributed by atoms with van der Waals surface area (Å²) in [6.45, 7) is 4.75. The van der Waals surface area contributed by atoms with E-state index < -0.39 is 0 Å². The number of furan rings is 1. The van der Waals surface area contributed by atoms with Gasteiger partial charge in [-0.3, -0.25) is 4.79 Å². The number of rotatable bonds is 5. The fraction of sp³-hybridized carbons (Fsp3) is 0.348. The fourth-order valence-corrected chi connectivity index (χ4v) is 4.01. The number of aryl methyl sites for hydroxylation is 1. The molecule has 1 aliphatic rings. The Morgan fingerprint density at radius 3 is 2.61 bits per heavy atom. The third-order valence-electron chi connectivity index (χ3n) is 5.46. The average molecular weight is 397 g/mol. The molecule has 5 heteroatoms. The summed E-state index contributed by atoms with van der Waals surface area (Å²) >= 11 is 6.05. The quantitative estimate of drug-likeness (QED) is 0.631. The van der Waals surface area contributed by atoms with Crippen molar-refractivity contribution in [1.29, 1.82) is 0 Å². The van der Waals surface area contributed by atoms with E-state index in [0.717, 1.165) is 30.5 Å². The molecule has 3 aromatic rings. The highest BCUT2D eigenvalue weighted by molar-refractivity contribution is 6.31. The summed E-state index contributed by atoms with van der Waals surface area (Å²) in [5, 5.41) is 4.48. The van der Waals surface area contributed by atoms with Crippen LogP contribution in [0.25, 0.3) is 11.0 Å². The van der Waals surface area contributed by atoms with Crippen LogP contribution in [0.15, 0.2) is 46.9 Å². The molecule has 1 N–H and O–H groups in total. The van der Waals surface area contributed by atoms with Gasteiger partial charge < -0.3 is 14.6 Å². The van der Waals surface area contributed by atoms with E-state index in [0.29, 0.717) is 22.9 Å². The first-order chi connectivity index (χ1) is 13.6. The summed E-state index contributed by atoms with van der Waals surface area (Å²) in [7, 11) is 0. The first kappa shape index (κ1) is 18.9. The maximum Gasteiger partial charge on any atom is 0.287 e. The first-order valence-electron chi connectivity index (χ1n) is 9.92. The number of hydrogen-bond acceptors (Lipinski definition) is 3. The zero-order valence-corrected chi connectivity index (χ0v) is 16.9. The van der Waals surface area contributed by atoms with E-state index in [2.05, 4.69) is 34.5 Å². The Balaban J connectivity index is 1.34. The van der Waals surface area contributed by atoms with Crippen LogP contribution in [0.2, 0.25) is 5.02 Å². The van der Waals surface area contributed by atoms with E-state index in [1.807, 2.05) is 13.0 Å². The van der Waals surface area contributed by atoms with Crippen LogP contribution in [0.5, 0.6) is 0 Å². The van der Waals surface area contributed by atoms with Gasteiger partial charge in [0, 0.05) is 41.3 Å². The number of hydrogen-bond donors (Lipinski definition) is 1. The van der Waals surface area contributed by atoms with Gasteiger partial charge in [0.2, 0.25) is 0 Å². The molecule has 0 unspecified atom stereocenters. The van der Waals surface area contributed by atoms with E-state index in [9.17, 15) is 4.79 Å². The van der Waals surface area contributed by atoms with Crippen molar-refractivity contribution in [1.82, 2.24) is 5.32 Å². The van der Waals surface area contributed by atoms with Crippen molar-refractivity contribution < 1.29 is 9.21 Å². The van der Waals surface area contributed by atoms with E-state index >= 15 is 0 Å². The average Bonchev–Trinajstić information content (AvgIpc) is 3.05. The van der Waals surface area contributed by atoms with Gasteiger partial charge in [-0.05, 0) is 68.5 Å². The van der Waals surface area contributed by atoms with Crippen LogP contribution in [-0.2, 0) is 6.42 Å². The van der Waals surface area contributed by atoms with Gasteiger partial charge in [-0.2, -0.15) is 0 Å². The summed E-state index contributed by atoms with van der Waals surface area (Å²) < 4.78 is 5.73. The standard InChI is InChI=1S/C23H25ClN2O2/c1-16-20-15-18(24)7-10-21(20)28-22(16)23(27)25-12-11-17-5-8-19(9-6-17)26-13-3-2-4-14-26/h5-10,15H,2-4,11-14H2,1H3,(H,25,27). The molecule has 2 aromatic carbocycles. The second kappa shape index (κ2) is 8.27. The Hall–Kier alpha value is -2.46. The monoisotopic (exact) mass is 396 g/mol. The third kappa shape index (κ3) is 4.02. The molecule has 0 bridgehead atoms. The second-order valence-corrected chi connectivity index (χ2v) is 7.85. The molecule has 4 nitrogen and oxygen atoms in total. The Kier molecular flexibility index (Phi) is 5.58. The van der Waals surface area contributed by atoms with Gasteiger partial charge in [0.15, 0.2) is 5.76 Å². The van der Waals surface area contributed by atoms with E-state index in [-0.39, 0.29) is 5.91 Å². The molecular formula is C23H25ClN2O2. The van der Waals surface area contributed by atoms with Crippen LogP contribution in [-0.4, -0.2) is 25.5 Å². The van der Waals surface area contributed by atoms with Gasteiger partial charge in [0.05, 0.1) is 0 Å². The maximum absolute atomic E-state index is 12.5. The molecule has 0 atom stereocenters. The normalized spacial score (nSPS) is 14.4. The highest BCUT2D eigenvalue weighted by Gasteiger charge is 2.17. The minimum Gasteiger partial charge on any atom is -0.451 e. The van der Waals surface area contributed by atoms with Gasteiger partial charge in [0.25, 0.3) is 5.91 Å². The minimum absolute atomic E-state index is 0.185. The van der Waals surface area contributed by atoms with Crippen molar-refractivity contribution in [3.63, 3.8) is 0 Å². The molecule has 1 amide bonds. The predicted octanol–water partition coefficient (Wildman–Crippen LogP) is 5.36. The fourth-order valence-electron chi connectivity index (χ4n) is 3.84. The lowest BCUT2D eigenvalue weighted by Crippen LogP contribution is -2.29. The van der Waals surface area contributed by atoms with Crippen LogP contribution in [0.1, 0.15) is 40.9 Å². The highest BCUT2D eigenvalue weighted by Crippen LogP contribution is 2.27. The number of nitrogens with one attached hydrogen (secondary N) is 1. The summed E-state index contributed by atoms with van der Waals surface area (Å²) in [6.07, 6.45) is 4.69. The molecule has 1 aliphatic heterocycles. The SMILES string of the molecule is Cc1c(C(=O)NCCc2ccc(N3CCCCC3)cc2)oc2ccc(Cl)cc12. The second-order valence-electron chi connectivity index (χ2n) is 7.42. The smallest absolute Gasteiger partial charge is 0.287 e. The molecule has 2 heterocycles. The largest absolute Gasteiger partial charge is 0.451 e. The van der Waals surface area contributed by atoms with Crippen LogP contribution in [0.3, 0.4) is 0 Å². The lowest BCUT2D eigenvalue weighted by atomic mass is 10.1. The lowest BCUT2D eigenvalue weighted by Gasteiger charge is -2.28. The maximum atomic E-state index is 12.5.